The minimum absolute atomic E-state index is 0.229. The summed E-state index contributed by atoms with van der Waals surface area (Å²) in [6, 6.07) is 1.05. The van der Waals surface area contributed by atoms with Crippen molar-refractivity contribution < 1.29 is 9.47 Å². The van der Waals surface area contributed by atoms with Gasteiger partial charge in [-0.05, 0) is 19.3 Å². The summed E-state index contributed by atoms with van der Waals surface area (Å²) in [6.07, 6.45) is 3.98. The van der Waals surface area contributed by atoms with Gasteiger partial charge >= 0.3 is 0 Å². The zero-order chi connectivity index (χ0) is 10.8. The fraction of sp³-hybridized carbons (Fsp3) is 1.00. The first-order chi connectivity index (χ1) is 7.24. The Morgan fingerprint density at radius 1 is 1.07 bits per heavy atom. The number of likely N-dealkylation sites (tertiary alicyclic amines) is 1. The standard InChI is InChI=1S/C11H22N2O2/c1-14-10-6-13(7-11(10)15-2)9-4-3-8(12)5-9/h8-11H,3-7,12H2,1-2H3. The second-order valence-corrected chi connectivity index (χ2v) is 4.73. The van der Waals surface area contributed by atoms with Crippen LogP contribution in [-0.2, 0) is 9.47 Å². The summed E-state index contributed by atoms with van der Waals surface area (Å²) in [5.74, 6) is 0. The summed E-state index contributed by atoms with van der Waals surface area (Å²) < 4.78 is 10.9. The zero-order valence-corrected chi connectivity index (χ0v) is 9.69. The van der Waals surface area contributed by atoms with Crippen LogP contribution in [0.4, 0.5) is 0 Å². The lowest BCUT2D eigenvalue weighted by molar-refractivity contribution is -0.00461. The van der Waals surface area contributed by atoms with Gasteiger partial charge < -0.3 is 15.2 Å². The van der Waals surface area contributed by atoms with E-state index in [0.717, 1.165) is 25.9 Å². The van der Waals surface area contributed by atoms with E-state index in [1.807, 2.05) is 0 Å². The maximum Gasteiger partial charge on any atom is 0.0971 e. The molecule has 0 aromatic rings. The van der Waals surface area contributed by atoms with E-state index < -0.39 is 0 Å². The Kier molecular flexibility index (Phi) is 3.61. The molecule has 0 amide bonds. The van der Waals surface area contributed by atoms with Crippen LogP contribution >= 0.6 is 0 Å². The van der Waals surface area contributed by atoms with Crippen molar-refractivity contribution in [1.29, 1.82) is 0 Å². The van der Waals surface area contributed by atoms with Crippen molar-refractivity contribution in [2.45, 2.75) is 43.6 Å². The lowest BCUT2D eigenvalue weighted by Gasteiger charge is -2.23. The molecule has 0 aromatic carbocycles. The topological polar surface area (TPSA) is 47.7 Å². The Labute approximate surface area is 91.7 Å². The molecule has 2 aliphatic rings. The number of nitrogens with zero attached hydrogens (tertiary/aromatic N) is 1. The number of hydrogen-bond acceptors (Lipinski definition) is 4. The first-order valence-electron chi connectivity index (χ1n) is 5.79. The normalized spacial score (nSPS) is 42.6. The molecule has 15 heavy (non-hydrogen) atoms. The van der Waals surface area contributed by atoms with Crippen LogP contribution in [0.2, 0.25) is 0 Å². The average Bonchev–Trinajstić information content (AvgIpc) is 2.82. The summed E-state index contributed by atoms with van der Waals surface area (Å²) in [5, 5.41) is 0. The summed E-state index contributed by atoms with van der Waals surface area (Å²) in [7, 11) is 3.53. The lowest BCUT2D eigenvalue weighted by Crippen LogP contribution is -2.33. The predicted molar refractivity (Wildman–Crippen MR) is 58.8 cm³/mol. The smallest absolute Gasteiger partial charge is 0.0971 e. The van der Waals surface area contributed by atoms with Crippen molar-refractivity contribution in [2.24, 2.45) is 5.73 Å². The van der Waals surface area contributed by atoms with E-state index in [9.17, 15) is 0 Å². The van der Waals surface area contributed by atoms with E-state index in [4.69, 9.17) is 15.2 Å². The zero-order valence-electron chi connectivity index (χ0n) is 9.69. The van der Waals surface area contributed by atoms with Gasteiger partial charge in [0.25, 0.3) is 0 Å². The first kappa shape index (κ1) is 11.3. The van der Waals surface area contributed by atoms with Gasteiger partial charge in [-0.2, -0.15) is 0 Å². The fourth-order valence-corrected chi connectivity index (χ4v) is 2.85. The molecule has 1 saturated carbocycles. The van der Waals surface area contributed by atoms with Crippen molar-refractivity contribution >= 4 is 0 Å². The molecule has 2 fully saturated rings. The third-order valence-corrected chi connectivity index (χ3v) is 3.81. The fourth-order valence-electron chi connectivity index (χ4n) is 2.85. The van der Waals surface area contributed by atoms with Crippen LogP contribution in [0.3, 0.4) is 0 Å². The van der Waals surface area contributed by atoms with Crippen LogP contribution in [-0.4, -0.2) is 56.5 Å². The quantitative estimate of drug-likeness (QED) is 0.729. The van der Waals surface area contributed by atoms with Crippen molar-refractivity contribution in [2.75, 3.05) is 27.3 Å². The highest BCUT2D eigenvalue weighted by Gasteiger charge is 2.38. The molecule has 4 atom stereocenters. The summed E-state index contributed by atoms with van der Waals surface area (Å²) in [5.41, 5.74) is 5.94. The molecule has 2 N–H and O–H groups in total. The van der Waals surface area contributed by atoms with Crippen LogP contribution in [0.15, 0.2) is 0 Å². The van der Waals surface area contributed by atoms with Gasteiger partial charge in [-0.1, -0.05) is 0 Å². The molecule has 0 spiro atoms. The highest BCUT2D eigenvalue weighted by atomic mass is 16.5. The van der Waals surface area contributed by atoms with E-state index in [-0.39, 0.29) is 12.2 Å². The lowest BCUT2D eigenvalue weighted by atomic mass is 10.2. The minimum atomic E-state index is 0.229. The number of hydrogen-bond donors (Lipinski definition) is 1. The molecule has 1 saturated heterocycles. The number of methoxy groups -OCH3 is 2. The van der Waals surface area contributed by atoms with Gasteiger partial charge in [-0.25, -0.2) is 0 Å². The first-order valence-corrected chi connectivity index (χ1v) is 5.79. The van der Waals surface area contributed by atoms with Gasteiger partial charge in [0.15, 0.2) is 0 Å². The van der Waals surface area contributed by atoms with Gasteiger partial charge in [0, 0.05) is 39.4 Å². The molecule has 4 unspecified atom stereocenters. The largest absolute Gasteiger partial charge is 0.377 e. The second kappa shape index (κ2) is 4.78. The van der Waals surface area contributed by atoms with Crippen molar-refractivity contribution in [1.82, 2.24) is 4.90 Å². The van der Waals surface area contributed by atoms with Gasteiger partial charge in [-0.15, -0.1) is 0 Å². The molecule has 0 radical (unpaired) electrons. The van der Waals surface area contributed by atoms with E-state index in [1.54, 1.807) is 14.2 Å². The van der Waals surface area contributed by atoms with E-state index in [1.165, 1.54) is 6.42 Å². The average molecular weight is 214 g/mol. The van der Waals surface area contributed by atoms with Crippen LogP contribution in [0, 0.1) is 0 Å². The van der Waals surface area contributed by atoms with Gasteiger partial charge in [0.2, 0.25) is 0 Å². The molecule has 1 aliphatic heterocycles. The molecule has 1 heterocycles. The Hall–Kier alpha value is -0.160. The summed E-state index contributed by atoms with van der Waals surface area (Å²) >= 11 is 0. The number of rotatable bonds is 3. The van der Waals surface area contributed by atoms with Gasteiger partial charge in [0.1, 0.15) is 0 Å². The van der Waals surface area contributed by atoms with Gasteiger partial charge in [0.05, 0.1) is 12.2 Å². The third-order valence-electron chi connectivity index (χ3n) is 3.81. The SMILES string of the molecule is COC1CN(C2CCC(N)C2)CC1OC. The molecule has 4 nitrogen and oxygen atoms in total. The minimum Gasteiger partial charge on any atom is -0.377 e. The van der Waals surface area contributed by atoms with Crippen LogP contribution in [0.25, 0.3) is 0 Å². The van der Waals surface area contributed by atoms with Crippen LogP contribution < -0.4 is 5.73 Å². The summed E-state index contributed by atoms with van der Waals surface area (Å²) in [4.78, 5) is 2.48. The van der Waals surface area contributed by atoms with E-state index >= 15 is 0 Å². The van der Waals surface area contributed by atoms with Crippen LogP contribution in [0.5, 0.6) is 0 Å². The Bertz CT molecular complexity index is 201. The van der Waals surface area contributed by atoms with Crippen molar-refractivity contribution in [3.63, 3.8) is 0 Å². The van der Waals surface area contributed by atoms with Crippen LogP contribution in [0.1, 0.15) is 19.3 Å². The van der Waals surface area contributed by atoms with Crippen molar-refractivity contribution in [3.8, 4) is 0 Å². The summed E-state index contributed by atoms with van der Waals surface area (Å²) in [6.45, 7) is 1.98. The molecule has 0 bridgehead atoms. The maximum absolute atomic E-state index is 5.94. The maximum atomic E-state index is 5.94. The molecular weight excluding hydrogens is 192 g/mol. The molecule has 2 rings (SSSR count). The van der Waals surface area contributed by atoms with E-state index in [2.05, 4.69) is 4.90 Å². The van der Waals surface area contributed by atoms with Crippen molar-refractivity contribution in [3.05, 3.63) is 0 Å². The highest BCUT2D eigenvalue weighted by Crippen LogP contribution is 2.27. The van der Waals surface area contributed by atoms with Gasteiger partial charge in [-0.3, -0.25) is 4.90 Å². The molecule has 4 heteroatoms. The number of ether oxygens (including phenoxy) is 2. The molecule has 88 valence electrons. The Balaban J connectivity index is 1.90. The predicted octanol–water partition coefficient (Wildman–Crippen LogP) is 0.212. The highest BCUT2D eigenvalue weighted by molar-refractivity contribution is 4.93. The number of nitrogens with two attached hydrogens (primary N) is 1. The molecule has 0 aromatic heterocycles. The molecular formula is C11H22N2O2. The third kappa shape index (κ3) is 2.33. The molecule has 1 aliphatic carbocycles. The Morgan fingerprint density at radius 2 is 1.67 bits per heavy atom. The monoisotopic (exact) mass is 214 g/mol. The van der Waals surface area contributed by atoms with E-state index in [0.29, 0.717) is 12.1 Å². The second-order valence-electron chi connectivity index (χ2n) is 4.73. The Morgan fingerprint density at radius 3 is 2.07 bits per heavy atom.